The van der Waals surface area contributed by atoms with Crippen LogP contribution in [0.4, 0.5) is 20.6 Å². The van der Waals surface area contributed by atoms with Gasteiger partial charge in [-0.15, -0.1) is 0 Å². The number of hydrogen-bond donors (Lipinski definition) is 2. The first kappa shape index (κ1) is 18.1. The van der Waals surface area contributed by atoms with Gasteiger partial charge >= 0.3 is 6.03 Å². The Morgan fingerprint density at radius 3 is 2.48 bits per heavy atom. The first-order valence-corrected chi connectivity index (χ1v) is 7.95. The van der Waals surface area contributed by atoms with Gasteiger partial charge in [-0.25, -0.2) is 14.1 Å². The molecule has 1 heterocycles. The maximum absolute atomic E-state index is 13.0. The summed E-state index contributed by atoms with van der Waals surface area (Å²) in [5, 5.41) is 4.95. The number of benzene rings is 2. The number of urea groups is 1. The Morgan fingerprint density at radius 1 is 1.15 bits per heavy atom. The maximum Gasteiger partial charge on any atom is 0.335 e. The highest BCUT2D eigenvalue weighted by atomic mass is 19.1. The Bertz CT molecular complexity index is 927. The molecule has 0 aliphatic carbocycles. The first-order valence-electron chi connectivity index (χ1n) is 7.95. The van der Waals surface area contributed by atoms with Crippen LogP contribution in [0.1, 0.15) is 0 Å². The molecule has 1 atom stereocenters. The molecule has 8 heteroatoms. The number of methoxy groups -OCH3 is 1. The van der Waals surface area contributed by atoms with Gasteiger partial charge in [-0.3, -0.25) is 14.9 Å². The van der Waals surface area contributed by atoms with Crippen LogP contribution in [-0.2, 0) is 9.59 Å². The minimum absolute atomic E-state index is 0.0523. The summed E-state index contributed by atoms with van der Waals surface area (Å²) in [4.78, 5) is 38.3. The van der Waals surface area contributed by atoms with E-state index in [2.05, 4.69) is 17.2 Å². The lowest BCUT2D eigenvalue weighted by Gasteiger charge is -2.31. The number of imide groups is 2. The van der Waals surface area contributed by atoms with E-state index in [1.807, 2.05) is 0 Å². The number of amides is 4. The number of carbonyl (C=O) groups excluding carboxylic acids is 3. The largest absolute Gasteiger partial charge is 0.495 e. The number of para-hydroxylation sites is 2. The SMILES string of the molecule is C=C(Nc1ccc(F)cc1)C1C(=O)NC(=O)N(c2ccccc2OC)C1=O. The van der Waals surface area contributed by atoms with Crippen molar-refractivity contribution in [1.29, 1.82) is 0 Å². The third-order valence-corrected chi connectivity index (χ3v) is 3.99. The molecule has 0 saturated carbocycles. The maximum atomic E-state index is 13.0. The predicted octanol–water partition coefficient (Wildman–Crippen LogP) is 2.66. The van der Waals surface area contributed by atoms with E-state index in [0.29, 0.717) is 11.4 Å². The van der Waals surface area contributed by atoms with Crippen LogP contribution < -0.4 is 20.3 Å². The summed E-state index contributed by atoms with van der Waals surface area (Å²) >= 11 is 0. The molecule has 0 spiro atoms. The average molecular weight is 369 g/mol. The normalized spacial score (nSPS) is 16.7. The molecule has 0 radical (unpaired) electrons. The van der Waals surface area contributed by atoms with Crippen LogP contribution in [0.3, 0.4) is 0 Å². The lowest BCUT2D eigenvalue weighted by molar-refractivity contribution is -0.132. The number of barbiturate groups is 1. The zero-order valence-electron chi connectivity index (χ0n) is 14.4. The second-order valence-corrected chi connectivity index (χ2v) is 5.73. The summed E-state index contributed by atoms with van der Waals surface area (Å²) in [6.07, 6.45) is 0. The van der Waals surface area contributed by atoms with E-state index in [-0.39, 0.29) is 11.4 Å². The molecule has 1 aliphatic heterocycles. The van der Waals surface area contributed by atoms with Crippen molar-refractivity contribution in [2.24, 2.45) is 5.92 Å². The molecule has 2 aromatic carbocycles. The van der Waals surface area contributed by atoms with Crippen molar-refractivity contribution in [2.75, 3.05) is 17.3 Å². The second-order valence-electron chi connectivity index (χ2n) is 5.73. The van der Waals surface area contributed by atoms with Gasteiger partial charge < -0.3 is 10.1 Å². The molecule has 0 aromatic heterocycles. The van der Waals surface area contributed by atoms with Crippen LogP contribution in [0.15, 0.2) is 60.8 Å². The zero-order chi connectivity index (χ0) is 19.6. The number of carbonyl (C=O) groups is 3. The molecular formula is C19H16FN3O4. The molecule has 0 bridgehead atoms. The Balaban J connectivity index is 1.90. The summed E-state index contributed by atoms with van der Waals surface area (Å²) in [6.45, 7) is 3.74. The second kappa shape index (κ2) is 7.28. The monoisotopic (exact) mass is 369 g/mol. The van der Waals surface area contributed by atoms with Gasteiger partial charge in [0.15, 0.2) is 5.92 Å². The van der Waals surface area contributed by atoms with Gasteiger partial charge in [-0.05, 0) is 36.4 Å². The Labute approximate surface area is 154 Å². The number of nitrogens with one attached hydrogen (secondary N) is 2. The molecule has 1 aliphatic rings. The van der Waals surface area contributed by atoms with Crippen LogP contribution in [0.25, 0.3) is 0 Å². The van der Waals surface area contributed by atoms with Crippen molar-refractivity contribution in [3.63, 3.8) is 0 Å². The van der Waals surface area contributed by atoms with Crippen LogP contribution >= 0.6 is 0 Å². The highest BCUT2D eigenvalue weighted by Crippen LogP contribution is 2.31. The topological polar surface area (TPSA) is 87.7 Å². The van der Waals surface area contributed by atoms with Gasteiger partial charge in [0, 0.05) is 11.4 Å². The number of nitrogens with zero attached hydrogens (tertiary/aromatic N) is 1. The van der Waals surface area contributed by atoms with E-state index in [1.54, 1.807) is 18.2 Å². The molecule has 3 rings (SSSR count). The lowest BCUT2D eigenvalue weighted by Crippen LogP contribution is -2.59. The standard InChI is InChI=1S/C19H16FN3O4/c1-11(21-13-9-7-12(20)8-10-13)16-17(24)22-19(26)23(18(16)25)14-5-3-4-6-15(14)27-2/h3-10,16,21H,1H2,2H3,(H,22,24,26). The summed E-state index contributed by atoms with van der Waals surface area (Å²) in [7, 11) is 1.41. The molecule has 27 heavy (non-hydrogen) atoms. The third kappa shape index (κ3) is 3.50. The third-order valence-electron chi connectivity index (χ3n) is 3.99. The molecule has 138 valence electrons. The van der Waals surface area contributed by atoms with Crippen LogP contribution in [0.2, 0.25) is 0 Å². The van der Waals surface area contributed by atoms with Crippen LogP contribution in [0.5, 0.6) is 5.75 Å². The smallest absolute Gasteiger partial charge is 0.335 e. The summed E-state index contributed by atoms with van der Waals surface area (Å²) in [6, 6.07) is 10.9. The predicted molar refractivity (Wildman–Crippen MR) is 96.7 cm³/mol. The highest BCUT2D eigenvalue weighted by molar-refractivity contribution is 6.29. The quantitative estimate of drug-likeness (QED) is 0.791. The summed E-state index contributed by atoms with van der Waals surface area (Å²) < 4.78 is 18.2. The van der Waals surface area contributed by atoms with Crippen molar-refractivity contribution < 1.29 is 23.5 Å². The molecule has 7 nitrogen and oxygen atoms in total. The first-order chi connectivity index (χ1) is 12.9. The van der Waals surface area contributed by atoms with Crippen molar-refractivity contribution >= 4 is 29.2 Å². The zero-order valence-corrected chi connectivity index (χ0v) is 14.4. The fourth-order valence-corrected chi connectivity index (χ4v) is 2.72. The molecule has 1 fully saturated rings. The van der Waals surface area contributed by atoms with E-state index in [9.17, 15) is 18.8 Å². The van der Waals surface area contributed by atoms with Gasteiger partial charge in [-0.1, -0.05) is 18.7 Å². The minimum atomic E-state index is -1.35. The average Bonchev–Trinajstić information content (AvgIpc) is 2.63. The van der Waals surface area contributed by atoms with E-state index >= 15 is 0 Å². The van der Waals surface area contributed by atoms with Gasteiger partial charge in [0.05, 0.1) is 12.8 Å². The van der Waals surface area contributed by atoms with Gasteiger partial charge in [0.1, 0.15) is 11.6 Å². The van der Waals surface area contributed by atoms with Crippen LogP contribution in [0, 0.1) is 11.7 Å². The fraction of sp³-hybridized carbons (Fsp3) is 0.105. The van der Waals surface area contributed by atoms with Gasteiger partial charge in [-0.2, -0.15) is 0 Å². The fourth-order valence-electron chi connectivity index (χ4n) is 2.72. The number of rotatable bonds is 5. The number of halogens is 1. The lowest BCUT2D eigenvalue weighted by atomic mass is 10.0. The molecular weight excluding hydrogens is 353 g/mol. The number of hydrogen-bond acceptors (Lipinski definition) is 5. The van der Waals surface area contributed by atoms with Gasteiger partial charge in [0.2, 0.25) is 5.91 Å². The molecule has 2 N–H and O–H groups in total. The van der Waals surface area contributed by atoms with Crippen molar-refractivity contribution in [3.05, 3.63) is 66.6 Å². The number of anilines is 2. The Kier molecular flexibility index (Phi) is 4.89. The highest BCUT2D eigenvalue weighted by Gasteiger charge is 2.43. The van der Waals surface area contributed by atoms with Gasteiger partial charge in [0.25, 0.3) is 5.91 Å². The summed E-state index contributed by atoms with van der Waals surface area (Å²) in [5.74, 6) is -3.04. The van der Waals surface area contributed by atoms with Crippen molar-refractivity contribution in [1.82, 2.24) is 5.32 Å². The molecule has 1 unspecified atom stereocenters. The Morgan fingerprint density at radius 2 is 1.81 bits per heavy atom. The molecule has 2 aromatic rings. The molecule has 4 amide bonds. The van der Waals surface area contributed by atoms with Crippen molar-refractivity contribution in [2.45, 2.75) is 0 Å². The van der Waals surface area contributed by atoms with E-state index in [0.717, 1.165) is 4.90 Å². The number of ether oxygens (including phenoxy) is 1. The molecule has 1 saturated heterocycles. The van der Waals surface area contributed by atoms with Crippen molar-refractivity contribution in [3.8, 4) is 5.75 Å². The Hall–Kier alpha value is -3.68. The summed E-state index contributed by atoms with van der Waals surface area (Å²) in [5.41, 5.74) is 0.703. The van der Waals surface area contributed by atoms with E-state index in [4.69, 9.17) is 4.74 Å². The van der Waals surface area contributed by atoms with E-state index in [1.165, 1.54) is 37.4 Å². The minimum Gasteiger partial charge on any atom is -0.495 e. The van der Waals surface area contributed by atoms with E-state index < -0.39 is 29.6 Å². The van der Waals surface area contributed by atoms with Crippen LogP contribution in [-0.4, -0.2) is 25.0 Å².